The molecule has 1 aliphatic heterocycles. The van der Waals surface area contributed by atoms with Gasteiger partial charge in [0.25, 0.3) is 5.56 Å². The molecule has 1 N–H and O–H groups in total. The fourth-order valence-corrected chi connectivity index (χ4v) is 4.04. The van der Waals surface area contributed by atoms with Gasteiger partial charge in [-0.3, -0.25) is 9.59 Å². The highest BCUT2D eigenvalue weighted by atomic mass is 16.2. The lowest BCUT2D eigenvalue weighted by atomic mass is 10.00. The van der Waals surface area contributed by atoms with Gasteiger partial charge in [-0.2, -0.15) is 5.10 Å². The Kier molecular flexibility index (Phi) is 5.84. The van der Waals surface area contributed by atoms with Crippen LogP contribution < -0.4 is 15.8 Å². The first-order valence-electron chi connectivity index (χ1n) is 10.6. The number of hydrogen-bond donors (Lipinski definition) is 1. The summed E-state index contributed by atoms with van der Waals surface area (Å²) < 4.78 is 1.31. The van der Waals surface area contributed by atoms with Crippen molar-refractivity contribution in [2.75, 3.05) is 18.0 Å². The topological polar surface area (TPSA) is 67.2 Å². The molecule has 1 unspecified atom stereocenters. The molecule has 2 aromatic carbocycles. The first-order chi connectivity index (χ1) is 14.5. The van der Waals surface area contributed by atoms with Crippen LogP contribution >= 0.6 is 0 Å². The van der Waals surface area contributed by atoms with Crippen LogP contribution in [0.25, 0.3) is 10.8 Å². The lowest BCUT2D eigenvalue weighted by Crippen LogP contribution is -2.38. The van der Waals surface area contributed by atoms with Gasteiger partial charge in [0.15, 0.2) is 5.82 Å². The van der Waals surface area contributed by atoms with Crippen LogP contribution in [0, 0.1) is 12.8 Å². The monoisotopic (exact) mass is 404 g/mol. The number of rotatable bonds is 5. The molecule has 1 saturated heterocycles. The second-order valence-electron chi connectivity index (χ2n) is 8.29. The number of piperidine rings is 1. The summed E-state index contributed by atoms with van der Waals surface area (Å²) in [5.74, 6) is 1.15. The minimum atomic E-state index is -0.232. The number of hydrogen-bond acceptors (Lipinski definition) is 4. The zero-order valence-electron chi connectivity index (χ0n) is 17.6. The third-order valence-electron chi connectivity index (χ3n) is 5.71. The number of aromatic nitrogens is 2. The maximum absolute atomic E-state index is 13.0. The van der Waals surface area contributed by atoms with Crippen LogP contribution in [-0.4, -0.2) is 28.8 Å². The van der Waals surface area contributed by atoms with Gasteiger partial charge in [0.05, 0.1) is 5.39 Å². The van der Waals surface area contributed by atoms with Gasteiger partial charge in [0.2, 0.25) is 5.91 Å². The number of nitrogens with zero attached hydrogens (tertiary/aromatic N) is 3. The summed E-state index contributed by atoms with van der Waals surface area (Å²) in [5, 5.41) is 8.99. The first-order valence-corrected chi connectivity index (χ1v) is 10.6. The Hall–Kier alpha value is -3.15. The van der Waals surface area contributed by atoms with Crippen molar-refractivity contribution in [1.29, 1.82) is 0 Å². The second-order valence-corrected chi connectivity index (χ2v) is 8.29. The predicted molar refractivity (Wildman–Crippen MR) is 120 cm³/mol. The van der Waals surface area contributed by atoms with E-state index in [1.165, 1.54) is 16.7 Å². The van der Waals surface area contributed by atoms with Crippen molar-refractivity contribution < 1.29 is 4.79 Å². The summed E-state index contributed by atoms with van der Waals surface area (Å²) in [6, 6.07) is 15.6. The van der Waals surface area contributed by atoms with E-state index in [0.29, 0.717) is 17.8 Å². The Morgan fingerprint density at radius 3 is 2.60 bits per heavy atom. The normalized spacial score (nSPS) is 16.6. The molecule has 6 nitrogen and oxygen atoms in total. The summed E-state index contributed by atoms with van der Waals surface area (Å²) in [4.78, 5) is 27.8. The average molecular weight is 405 g/mol. The van der Waals surface area contributed by atoms with E-state index < -0.39 is 0 Å². The number of anilines is 1. The second kappa shape index (κ2) is 8.69. The SMILES string of the molecule is Cc1ccc(CNC(=O)Cn2nc(N3CCCC(C)C3)c3ccccc3c2=O)cc1. The van der Waals surface area contributed by atoms with Gasteiger partial charge in [0.1, 0.15) is 6.54 Å². The smallest absolute Gasteiger partial charge is 0.275 e. The summed E-state index contributed by atoms with van der Waals surface area (Å²) in [6.45, 7) is 6.43. The largest absolute Gasteiger partial charge is 0.354 e. The van der Waals surface area contributed by atoms with Crippen LogP contribution in [0.5, 0.6) is 0 Å². The molecule has 1 amide bonds. The molecule has 4 rings (SSSR count). The minimum Gasteiger partial charge on any atom is -0.354 e. The third-order valence-corrected chi connectivity index (χ3v) is 5.71. The number of fused-ring (bicyclic) bond motifs is 1. The van der Waals surface area contributed by atoms with E-state index >= 15 is 0 Å². The summed E-state index contributed by atoms with van der Waals surface area (Å²) in [6.07, 6.45) is 2.31. The maximum atomic E-state index is 13.0. The molecule has 0 saturated carbocycles. The summed E-state index contributed by atoms with van der Waals surface area (Å²) >= 11 is 0. The highest BCUT2D eigenvalue weighted by Crippen LogP contribution is 2.26. The van der Waals surface area contributed by atoms with Crippen molar-refractivity contribution in [3.05, 3.63) is 70.0 Å². The Balaban J connectivity index is 1.58. The van der Waals surface area contributed by atoms with Crippen LogP contribution in [0.1, 0.15) is 30.9 Å². The molecule has 0 spiro atoms. The lowest BCUT2D eigenvalue weighted by Gasteiger charge is -2.32. The predicted octanol–water partition coefficient (Wildman–Crippen LogP) is 3.26. The molecular formula is C24H28N4O2. The van der Waals surface area contributed by atoms with Crippen molar-refractivity contribution in [3.63, 3.8) is 0 Å². The molecule has 156 valence electrons. The van der Waals surface area contributed by atoms with E-state index in [0.717, 1.165) is 36.3 Å². The third kappa shape index (κ3) is 4.37. The number of amides is 1. The molecule has 3 aromatic rings. The highest BCUT2D eigenvalue weighted by Gasteiger charge is 2.22. The van der Waals surface area contributed by atoms with Gasteiger partial charge in [-0.1, -0.05) is 55.0 Å². The summed E-state index contributed by atoms with van der Waals surface area (Å²) in [5.41, 5.74) is 1.97. The molecule has 1 aromatic heterocycles. The van der Waals surface area contributed by atoms with Crippen LogP contribution in [0.4, 0.5) is 5.82 Å². The Morgan fingerprint density at radius 1 is 1.13 bits per heavy atom. The zero-order valence-corrected chi connectivity index (χ0v) is 17.6. The van der Waals surface area contributed by atoms with E-state index in [1.54, 1.807) is 0 Å². The number of aryl methyl sites for hydroxylation is 1. The molecule has 1 aliphatic rings. The quantitative estimate of drug-likeness (QED) is 0.709. The van der Waals surface area contributed by atoms with Gasteiger partial charge in [-0.05, 0) is 37.3 Å². The molecule has 6 heteroatoms. The molecule has 1 fully saturated rings. The van der Waals surface area contributed by atoms with Gasteiger partial charge < -0.3 is 10.2 Å². The average Bonchev–Trinajstić information content (AvgIpc) is 2.75. The Morgan fingerprint density at radius 2 is 1.87 bits per heavy atom. The molecule has 2 heterocycles. The fourth-order valence-electron chi connectivity index (χ4n) is 4.04. The van der Waals surface area contributed by atoms with E-state index in [1.807, 2.05) is 55.5 Å². The van der Waals surface area contributed by atoms with Crippen molar-refractivity contribution >= 4 is 22.5 Å². The summed E-state index contributed by atoms with van der Waals surface area (Å²) in [7, 11) is 0. The number of nitrogens with one attached hydrogen (secondary N) is 1. The van der Waals surface area contributed by atoms with Crippen molar-refractivity contribution in [3.8, 4) is 0 Å². The van der Waals surface area contributed by atoms with Crippen molar-refractivity contribution in [1.82, 2.24) is 15.1 Å². The van der Waals surface area contributed by atoms with Gasteiger partial charge in [-0.25, -0.2) is 4.68 Å². The molecular weight excluding hydrogens is 376 g/mol. The van der Waals surface area contributed by atoms with Crippen molar-refractivity contribution in [2.45, 2.75) is 39.8 Å². The van der Waals surface area contributed by atoms with Crippen molar-refractivity contribution in [2.24, 2.45) is 5.92 Å². The minimum absolute atomic E-state index is 0.0913. The number of carbonyl (C=O) groups is 1. The van der Waals surface area contributed by atoms with Gasteiger partial charge >= 0.3 is 0 Å². The standard InChI is InChI=1S/C24H28N4O2/c1-17-9-11-19(12-10-17)14-25-22(29)16-28-24(30)21-8-4-3-7-20(21)23(26-28)27-13-5-6-18(2)15-27/h3-4,7-12,18H,5-6,13-16H2,1-2H3,(H,25,29). The number of benzene rings is 2. The first kappa shape index (κ1) is 20.1. The van der Waals surface area contributed by atoms with Crippen LogP contribution in [0.3, 0.4) is 0 Å². The molecule has 1 atom stereocenters. The zero-order chi connectivity index (χ0) is 21.1. The van der Waals surface area contributed by atoms with Crippen LogP contribution in [0.15, 0.2) is 53.3 Å². The van der Waals surface area contributed by atoms with E-state index in [9.17, 15) is 9.59 Å². The highest BCUT2D eigenvalue weighted by molar-refractivity contribution is 5.91. The van der Waals surface area contributed by atoms with E-state index in [-0.39, 0.29) is 18.0 Å². The van der Waals surface area contributed by atoms with Gasteiger partial charge in [0, 0.05) is 25.0 Å². The Bertz CT molecular complexity index is 1100. The maximum Gasteiger partial charge on any atom is 0.275 e. The van der Waals surface area contributed by atoms with E-state index in [2.05, 4.69) is 22.2 Å². The molecule has 0 aliphatic carbocycles. The van der Waals surface area contributed by atoms with E-state index in [4.69, 9.17) is 0 Å². The van der Waals surface area contributed by atoms with Crippen LogP contribution in [0.2, 0.25) is 0 Å². The Labute approximate surface area is 176 Å². The molecule has 0 radical (unpaired) electrons. The molecule has 0 bridgehead atoms. The number of carbonyl (C=O) groups excluding carboxylic acids is 1. The molecule has 30 heavy (non-hydrogen) atoms. The van der Waals surface area contributed by atoms with Crippen LogP contribution in [-0.2, 0) is 17.9 Å². The van der Waals surface area contributed by atoms with Gasteiger partial charge in [-0.15, -0.1) is 0 Å². The lowest BCUT2D eigenvalue weighted by molar-refractivity contribution is -0.122. The fraction of sp³-hybridized carbons (Fsp3) is 0.375.